The van der Waals surface area contributed by atoms with Gasteiger partial charge in [0.25, 0.3) is 0 Å². The lowest BCUT2D eigenvalue weighted by atomic mass is 10.2. The van der Waals surface area contributed by atoms with Gasteiger partial charge in [0.15, 0.2) is 11.6 Å². The van der Waals surface area contributed by atoms with Crippen molar-refractivity contribution in [2.75, 3.05) is 25.5 Å². The first-order chi connectivity index (χ1) is 12.3. The molecule has 0 aliphatic heterocycles. The van der Waals surface area contributed by atoms with Crippen LogP contribution < -0.4 is 10.6 Å². The molecule has 0 heterocycles. The molecule has 0 saturated heterocycles. The van der Waals surface area contributed by atoms with Gasteiger partial charge in [-0.15, -0.1) is 0 Å². The van der Waals surface area contributed by atoms with Gasteiger partial charge in [0, 0.05) is 23.3 Å². The molecule has 0 unspecified atom stereocenters. The Morgan fingerprint density at radius 3 is 2.50 bits per heavy atom. The Balaban J connectivity index is 1.76. The molecule has 138 valence electrons. The molecule has 0 radical (unpaired) electrons. The van der Waals surface area contributed by atoms with Crippen molar-refractivity contribution in [1.82, 2.24) is 10.2 Å². The largest absolute Gasteiger partial charge is 0.346 e. The topological polar surface area (TPSA) is 61.4 Å². The molecule has 2 aromatic carbocycles. The first kappa shape index (κ1) is 19.8. The Hall–Kier alpha value is -2.51. The second kappa shape index (κ2) is 9.26. The number of benzene rings is 2. The van der Waals surface area contributed by atoms with Gasteiger partial charge >= 0.3 is 0 Å². The number of anilines is 1. The third-order valence-electron chi connectivity index (χ3n) is 3.46. The van der Waals surface area contributed by atoms with E-state index in [1.807, 2.05) is 18.2 Å². The normalized spacial score (nSPS) is 10.7. The van der Waals surface area contributed by atoms with Crippen molar-refractivity contribution in [3.8, 4) is 0 Å². The second-order valence-electron chi connectivity index (χ2n) is 5.72. The molecule has 5 nitrogen and oxygen atoms in total. The smallest absolute Gasteiger partial charge is 0.243 e. The summed E-state index contributed by atoms with van der Waals surface area (Å²) in [5.41, 5.74) is 1.000. The summed E-state index contributed by atoms with van der Waals surface area (Å²) < 4.78 is 25.9. The van der Waals surface area contributed by atoms with Crippen LogP contribution in [-0.4, -0.2) is 36.9 Å². The number of amides is 2. The lowest BCUT2D eigenvalue weighted by Crippen LogP contribution is -2.39. The third-order valence-corrected chi connectivity index (χ3v) is 3.83. The van der Waals surface area contributed by atoms with Crippen molar-refractivity contribution in [2.24, 2.45) is 0 Å². The molecule has 2 amide bonds. The van der Waals surface area contributed by atoms with Crippen LogP contribution in [0.4, 0.5) is 14.5 Å². The standard InChI is InChI=1S/C18H18ClF2N3O2/c1-24(10-12-4-2-3-5-14(12)19)11-18(26)22-9-17(25)23-13-6-7-15(20)16(21)8-13/h2-8H,9-11H2,1H3,(H,22,26)(H,23,25). The zero-order chi connectivity index (χ0) is 19.1. The second-order valence-corrected chi connectivity index (χ2v) is 6.12. The quantitative estimate of drug-likeness (QED) is 0.775. The van der Waals surface area contributed by atoms with E-state index in [0.29, 0.717) is 11.6 Å². The van der Waals surface area contributed by atoms with Crippen molar-refractivity contribution in [3.05, 3.63) is 64.7 Å². The van der Waals surface area contributed by atoms with Gasteiger partial charge in [-0.25, -0.2) is 8.78 Å². The van der Waals surface area contributed by atoms with Gasteiger partial charge in [-0.2, -0.15) is 0 Å². The maximum absolute atomic E-state index is 13.1. The molecule has 0 spiro atoms. The van der Waals surface area contributed by atoms with Crippen LogP contribution in [0.25, 0.3) is 0 Å². The number of nitrogens with zero attached hydrogens (tertiary/aromatic N) is 1. The van der Waals surface area contributed by atoms with Gasteiger partial charge in [0.1, 0.15) is 0 Å². The Morgan fingerprint density at radius 1 is 1.08 bits per heavy atom. The Kier molecular flexibility index (Phi) is 7.06. The molecule has 2 N–H and O–H groups in total. The number of likely N-dealkylation sites (N-methyl/N-ethyl adjacent to an activating group) is 1. The van der Waals surface area contributed by atoms with E-state index in [-0.39, 0.29) is 24.7 Å². The lowest BCUT2D eigenvalue weighted by Gasteiger charge is -2.17. The van der Waals surface area contributed by atoms with Gasteiger partial charge < -0.3 is 10.6 Å². The van der Waals surface area contributed by atoms with Crippen LogP contribution in [0.2, 0.25) is 5.02 Å². The summed E-state index contributed by atoms with van der Waals surface area (Å²) in [7, 11) is 1.75. The first-order valence-electron chi connectivity index (χ1n) is 7.78. The number of halogens is 3. The Bertz CT molecular complexity index is 802. The van der Waals surface area contributed by atoms with E-state index < -0.39 is 17.5 Å². The number of rotatable bonds is 7. The van der Waals surface area contributed by atoms with E-state index in [2.05, 4.69) is 10.6 Å². The summed E-state index contributed by atoms with van der Waals surface area (Å²) in [5.74, 6) is -2.95. The summed E-state index contributed by atoms with van der Waals surface area (Å²) in [6, 6.07) is 10.3. The molecular weight excluding hydrogens is 364 g/mol. The number of carbonyl (C=O) groups is 2. The SMILES string of the molecule is CN(CC(=O)NCC(=O)Nc1ccc(F)c(F)c1)Cc1ccccc1Cl. The molecule has 2 rings (SSSR count). The van der Waals surface area contributed by atoms with Gasteiger partial charge in [-0.3, -0.25) is 14.5 Å². The van der Waals surface area contributed by atoms with E-state index in [1.165, 1.54) is 6.07 Å². The molecule has 0 aliphatic rings. The van der Waals surface area contributed by atoms with Crippen LogP contribution in [0.15, 0.2) is 42.5 Å². The molecule has 2 aromatic rings. The molecule has 0 saturated carbocycles. The van der Waals surface area contributed by atoms with Gasteiger partial charge in [-0.1, -0.05) is 29.8 Å². The lowest BCUT2D eigenvalue weighted by molar-refractivity contribution is -0.124. The van der Waals surface area contributed by atoms with Gasteiger partial charge in [-0.05, 0) is 30.8 Å². The molecule has 0 fully saturated rings. The summed E-state index contributed by atoms with van der Waals surface area (Å²) in [5, 5.41) is 5.46. The maximum Gasteiger partial charge on any atom is 0.243 e. The fourth-order valence-electron chi connectivity index (χ4n) is 2.23. The van der Waals surface area contributed by atoms with Crippen molar-refractivity contribution in [1.29, 1.82) is 0 Å². The van der Waals surface area contributed by atoms with E-state index in [9.17, 15) is 18.4 Å². The number of nitrogens with one attached hydrogen (secondary N) is 2. The van der Waals surface area contributed by atoms with Gasteiger partial charge in [0.05, 0.1) is 13.1 Å². The Labute approximate surface area is 154 Å². The first-order valence-corrected chi connectivity index (χ1v) is 8.16. The van der Waals surface area contributed by atoms with Gasteiger partial charge in [0.2, 0.25) is 11.8 Å². The van der Waals surface area contributed by atoms with Crippen molar-refractivity contribution in [2.45, 2.75) is 6.54 Å². The van der Waals surface area contributed by atoms with Crippen LogP contribution in [0.3, 0.4) is 0 Å². The minimum atomic E-state index is -1.06. The average molecular weight is 382 g/mol. The zero-order valence-corrected chi connectivity index (χ0v) is 14.8. The van der Waals surface area contributed by atoms with E-state index in [1.54, 1.807) is 18.0 Å². The van der Waals surface area contributed by atoms with Crippen LogP contribution >= 0.6 is 11.6 Å². The van der Waals surface area contributed by atoms with Crippen molar-refractivity contribution < 1.29 is 18.4 Å². The predicted molar refractivity (Wildman–Crippen MR) is 95.8 cm³/mol. The molecule has 0 aliphatic carbocycles. The van der Waals surface area contributed by atoms with E-state index in [0.717, 1.165) is 17.7 Å². The van der Waals surface area contributed by atoms with E-state index >= 15 is 0 Å². The molecule has 26 heavy (non-hydrogen) atoms. The maximum atomic E-state index is 13.1. The average Bonchev–Trinajstić information content (AvgIpc) is 2.58. The summed E-state index contributed by atoms with van der Waals surface area (Å²) in [6.45, 7) is 0.273. The number of hydrogen-bond donors (Lipinski definition) is 2. The highest BCUT2D eigenvalue weighted by Crippen LogP contribution is 2.16. The molecule has 0 atom stereocenters. The summed E-state index contributed by atoms with van der Waals surface area (Å²) in [6.07, 6.45) is 0. The van der Waals surface area contributed by atoms with Crippen LogP contribution in [-0.2, 0) is 16.1 Å². The molecular formula is C18H18ClF2N3O2. The monoisotopic (exact) mass is 381 g/mol. The highest BCUT2D eigenvalue weighted by Gasteiger charge is 2.11. The minimum absolute atomic E-state index is 0.0731. The summed E-state index contributed by atoms with van der Waals surface area (Å²) >= 11 is 6.08. The Morgan fingerprint density at radius 2 is 1.81 bits per heavy atom. The zero-order valence-electron chi connectivity index (χ0n) is 14.1. The third kappa shape index (κ3) is 6.09. The van der Waals surface area contributed by atoms with Crippen LogP contribution in [0.1, 0.15) is 5.56 Å². The van der Waals surface area contributed by atoms with Crippen LogP contribution in [0, 0.1) is 11.6 Å². The molecule has 0 aromatic heterocycles. The fourth-order valence-corrected chi connectivity index (χ4v) is 2.43. The highest BCUT2D eigenvalue weighted by molar-refractivity contribution is 6.31. The molecule has 8 heteroatoms. The summed E-state index contributed by atoms with van der Waals surface area (Å²) in [4.78, 5) is 25.4. The molecule has 0 bridgehead atoms. The minimum Gasteiger partial charge on any atom is -0.346 e. The number of carbonyl (C=O) groups excluding carboxylic acids is 2. The predicted octanol–water partition coefficient (Wildman–Crippen LogP) is 2.80. The van der Waals surface area contributed by atoms with Crippen molar-refractivity contribution >= 4 is 29.1 Å². The highest BCUT2D eigenvalue weighted by atomic mass is 35.5. The van der Waals surface area contributed by atoms with Crippen molar-refractivity contribution in [3.63, 3.8) is 0 Å². The number of hydrogen-bond acceptors (Lipinski definition) is 3. The van der Waals surface area contributed by atoms with E-state index in [4.69, 9.17) is 11.6 Å². The van der Waals surface area contributed by atoms with Crippen LogP contribution in [0.5, 0.6) is 0 Å². The fraction of sp³-hybridized carbons (Fsp3) is 0.222.